The summed E-state index contributed by atoms with van der Waals surface area (Å²) in [5, 5.41) is 2.98. The Hall–Kier alpha value is -2.13. The van der Waals surface area contributed by atoms with Crippen molar-refractivity contribution in [3.8, 4) is 0 Å². The van der Waals surface area contributed by atoms with E-state index in [0.717, 1.165) is 11.1 Å². The molecule has 0 saturated heterocycles. The van der Waals surface area contributed by atoms with E-state index in [0.29, 0.717) is 12.1 Å². The van der Waals surface area contributed by atoms with Crippen molar-refractivity contribution >= 4 is 5.91 Å². The van der Waals surface area contributed by atoms with Crippen molar-refractivity contribution in [2.45, 2.75) is 19.5 Å². The first-order valence-corrected chi connectivity index (χ1v) is 6.35. The summed E-state index contributed by atoms with van der Waals surface area (Å²) in [6, 6.07) is 17.2. The standard InChI is InChI=1S/C16H18N2O/c1-12(14-5-3-2-4-6-14)18-16(19)15-9-7-13(11-17)8-10-15/h2-10,12H,11,17H2,1H3,(H,18,19). The number of hydrogen-bond donors (Lipinski definition) is 2. The molecular formula is C16H18N2O. The van der Waals surface area contributed by atoms with Gasteiger partial charge in [0.2, 0.25) is 0 Å². The highest BCUT2D eigenvalue weighted by molar-refractivity contribution is 5.94. The highest BCUT2D eigenvalue weighted by Gasteiger charge is 2.10. The molecule has 0 aliphatic heterocycles. The second kappa shape index (κ2) is 6.16. The highest BCUT2D eigenvalue weighted by Crippen LogP contribution is 2.12. The lowest BCUT2D eigenvalue weighted by Crippen LogP contribution is -2.26. The Bertz CT molecular complexity index is 534. The summed E-state index contributed by atoms with van der Waals surface area (Å²) in [5.41, 5.74) is 8.30. The molecule has 0 heterocycles. The van der Waals surface area contributed by atoms with E-state index in [1.165, 1.54) is 0 Å². The molecule has 0 aliphatic rings. The largest absolute Gasteiger partial charge is 0.346 e. The van der Waals surface area contributed by atoms with E-state index >= 15 is 0 Å². The number of rotatable bonds is 4. The molecular weight excluding hydrogens is 236 g/mol. The summed E-state index contributed by atoms with van der Waals surface area (Å²) in [6.45, 7) is 2.46. The van der Waals surface area contributed by atoms with Gasteiger partial charge in [0.1, 0.15) is 0 Å². The van der Waals surface area contributed by atoms with Crippen molar-refractivity contribution in [2.24, 2.45) is 5.73 Å². The Morgan fingerprint density at radius 2 is 1.74 bits per heavy atom. The van der Waals surface area contributed by atoms with E-state index in [1.54, 1.807) is 12.1 Å². The van der Waals surface area contributed by atoms with Crippen LogP contribution in [0.15, 0.2) is 54.6 Å². The zero-order valence-electron chi connectivity index (χ0n) is 11.0. The van der Waals surface area contributed by atoms with Gasteiger partial charge in [-0.2, -0.15) is 0 Å². The van der Waals surface area contributed by atoms with Crippen molar-refractivity contribution in [3.05, 3.63) is 71.3 Å². The normalized spacial score (nSPS) is 11.9. The quantitative estimate of drug-likeness (QED) is 0.881. The number of carbonyl (C=O) groups excluding carboxylic acids is 1. The van der Waals surface area contributed by atoms with Crippen LogP contribution in [-0.4, -0.2) is 5.91 Å². The molecule has 0 fully saturated rings. The van der Waals surface area contributed by atoms with Gasteiger partial charge in [-0.1, -0.05) is 42.5 Å². The van der Waals surface area contributed by atoms with Crippen LogP contribution < -0.4 is 11.1 Å². The van der Waals surface area contributed by atoms with Gasteiger partial charge in [-0.05, 0) is 30.2 Å². The molecule has 3 heteroatoms. The van der Waals surface area contributed by atoms with Gasteiger partial charge in [0.15, 0.2) is 0 Å². The number of amides is 1. The molecule has 2 aromatic carbocycles. The van der Waals surface area contributed by atoms with E-state index in [1.807, 2.05) is 49.4 Å². The van der Waals surface area contributed by atoms with Gasteiger partial charge < -0.3 is 11.1 Å². The Balaban J connectivity index is 2.04. The third kappa shape index (κ3) is 3.42. The topological polar surface area (TPSA) is 55.1 Å². The molecule has 0 saturated carbocycles. The van der Waals surface area contributed by atoms with Crippen molar-refractivity contribution < 1.29 is 4.79 Å². The molecule has 0 aliphatic carbocycles. The summed E-state index contributed by atoms with van der Waals surface area (Å²) < 4.78 is 0. The molecule has 3 nitrogen and oxygen atoms in total. The number of nitrogens with one attached hydrogen (secondary N) is 1. The molecule has 19 heavy (non-hydrogen) atoms. The first-order chi connectivity index (χ1) is 9.20. The maximum atomic E-state index is 12.1. The van der Waals surface area contributed by atoms with Gasteiger partial charge in [0, 0.05) is 12.1 Å². The van der Waals surface area contributed by atoms with Crippen molar-refractivity contribution in [1.82, 2.24) is 5.32 Å². The zero-order chi connectivity index (χ0) is 13.7. The van der Waals surface area contributed by atoms with Gasteiger partial charge in [-0.25, -0.2) is 0 Å². The minimum Gasteiger partial charge on any atom is -0.346 e. The van der Waals surface area contributed by atoms with E-state index in [2.05, 4.69) is 5.32 Å². The molecule has 1 atom stereocenters. The smallest absolute Gasteiger partial charge is 0.251 e. The van der Waals surface area contributed by atoms with Crippen LogP contribution in [-0.2, 0) is 6.54 Å². The molecule has 0 aromatic heterocycles. The predicted octanol–water partition coefficient (Wildman–Crippen LogP) is 2.64. The third-order valence-corrected chi connectivity index (χ3v) is 3.10. The number of nitrogens with two attached hydrogens (primary N) is 1. The fourth-order valence-electron chi connectivity index (χ4n) is 1.90. The van der Waals surface area contributed by atoms with Gasteiger partial charge in [0.25, 0.3) is 5.91 Å². The molecule has 0 bridgehead atoms. The minimum absolute atomic E-state index is 0.0112. The lowest BCUT2D eigenvalue weighted by Gasteiger charge is -2.14. The Kier molecular flexibility index (Phi) is 4.31. The summed E-state index contributed by atoms with van der Waals surface area (Å²) in [7, 11) is 0. The SMILES string of the molecule is CC(NC(=O)c1ccc(CN)cc1)c1ccccc1. The molecule has 2 aromatic rings. The van der Waals surface area contributed by atoms with Crippen LogP contribution in [0.3, 0.4) is 0 Å². The monoisotopic (exact) mass is 254 g/mol. The second-order valence-corrected chi connectivity index (χ2v) is 4.51. The van der Waals surface area contributed by atoms with Crippen LogP contribution in [0, 0.1) is 0 Å². The average Bonchev–Trinajstić information content (AvgIpc) is 2.48. The lowest BCUT2D eigenvalue weighted by atomic mass is 10.1. The van der Waals surface area contributed by atoms with Crippen molar-refractivity contribution in [1.29, 1.82) is 0 Å². The summed E-state index contributed by atoms with van der Waals surface area (Å²) in [5.74, 6) is -0.0695. The molecule has 1 unspecified atom stereocenters. The third-order valence-electron chi connectivity index (χ3n) is 3.10. The van der Waals surface area contributed by atoms with Gasteiger partial charge in [-0.15, -0.1) is 0 Å². The first-order valence-electron chi connectivity index (χ1n) is 6.35. The maximum absolute atomic E-state index is 12.1. The van der Waals surface area contributed by atoms with E-state index in [-0.39, 0.29) is 11.9 Å². The van der Waals surface area contributed by atoms with Crippen LogP contribution in [0.4, 0.5) is 0 Å². The van der Waals surface area contributed by atoms with E-state index in [4.69, 9.17) is 5.73 Å². The van der Waals surface area contributed by atoms with Crippen LogP contribution in [0.25, 0.3) is 0 Å². The Morgan fingerprint density at radius 1 is 1.11 bits per heavy atom. The summed E-state index contributed by atoms with van der Waals surface area (Å²) >= 11 is 0. The summed E-state index contributed by atoms with van der Waals surface area (Å²) in [6.07, 6.45) is 0. The van der Waals surface area contributed by atoms with Crippen LogP contribution >= 0.6 is 0 Å². The Morgan fingerprint density at radius 3 is 2.32 bits per heavy atom. The highest BCUT2D eigenvalue weighted by atomic mass is 16.1. The number of hydrogen-bond acceptors (Lipinski definition) is 2. The van der Waals surface area contributed by atoms with Crippen LogP contribution in [0.2, 0.25) is 0 Å². The Labute approximate surface area is 113 Å². The molecule has 1 amide bonds. The van der Waals surface area contributed by atoms with Gasteiger partial charge >= 0.3 is 0 Å². The van der Waals surface area contributed by atoms with Crippen molar-refractivity contribution in [2.75, 3.05) is 0 Å². The van der Waals surface area contributed by atoms with Crippen molar-refractivity contribution in [3.63, 3.8) is 0 Å². The second-order valence-electron chi connectivity index (χ2n) is 4.51. The fraction of sp³-hybridized carbons (Fsp3) is 0.188. The molecule has 2 rings (SSSR count). The van der Waals surface area contributed by atoms with E-state index < -0.39 is 0 Å². The lowest BCUT2D eigenvalue weighted by molar-refractivity contribution is 0.0940. The minimum atomic E-state index is -0.0695. The van der Waals surface area contributed by atoms with Gasteiger partial charge in [0.05, 0.1) is 6.04 Å². The van der Waals surface area contributed by atoms with Gasteiger partial charge in [-0.3, -0.25) is 4.79 Å². The molecule has 98 valence electrons. The van der Waals surface area contributed by atoms with E-state index in [9.17, 15) is 4.79 Å². The molecule has 3 N–H and O–H groups in total. The first kappa shape index (κ1) is 13.3. The zero-order valence-corrected chi connectivity index (χ0v) is 11.0. The molecule has 0 radical (unpaired) electrons. The average molecular weight is 254 g/mol. The number of benzene rings is 2. The molecule has 0 spiro atoms. The van der Waals surface area contributed by atoms with Crippen LogP contribution in [0.5, 0.6) is 0 Å². The van der Waals surface area contributed by atoms with Crippen LogP contribution in [0.1, 0.15) is 34.5 Å². The number of carbonyl (C=O) groups is 1. The fourth-order valence-corrected chi connectivity index (χ4v) is 1.90. The maximum Gasteiger partial charge on any atom is 0.251 e. The summed E-state index contributed by atoms with van der Waals surface area (Å²) in [4.78, 5) is 12.1. The predicted molar refractivity (Wildman–Crippen MR) is 76.7 cm³/mol.